The van der Waals surface area contributed by atoms with Crippen LogP contribution < -0.4 is 11.1 Å². The number of carboxylic acid groups (broad SMARTS) is 1. The quantitative estimate of drug-likeness (QED) is 0.741. The number of nitrogens with two attached hydrogens (primary N) is 1. The van der Waals surface area contributed by atoms with Gasteiger partial charge in [0, 0.05) is 11.4 Å². The summed E-state index contributed by atoms with van der Waals surface area (Å²) in [6.45, 7) is 1.76. The molecule has 0 atom stereocenters. The molecule has 0 fully saturated rings. The predicted octanol–water partition coefficient (Wildman–Crippen LogP) is 3.16. The summed E-state index contributed by atoms with van der Waals surface area (Å²) in [5.41, 5.74) is 7.69. The molecule has 0 amide bonds. The highest BCUT2D eigenvalue weighted by Gasteiger charge is 2.10. The van der Waals surface area contributed by atoms with Crippen LogP contribution in [0.1, 0.15) is 15.9 Å². The SMILES string of the molecule is Cc1cc(F)cc(Nc2cc(N)ccc2C(=O)O)c1. The summed E-state index contributed by atoms with van der Waals surface area (Å²) in [6.07, 6.45) is 0. The number of carbonyl (C=O) groups is 1. The lowest BCUT2D eigenvalue weighted by Crippen LogP contribution is -2.04. The summed E-state index contributed by atoms with van der Waals surface area (Å²) >= 11 is 0. The Bertz CT molecular complexity index is 621. The molecule has 5 heteroatoms. The second-order valence-corrected chi connectivity index (χ2v) is 4.25. The summed E-state index contributed by atoms with van der Waals surface area (Å²) in [6, 6.07) is 8.82. The summed E-state index contributed by atoms with van der Waals surface area (Å²) < 4.78 is 13.3. The first-order chi connectivity index (χ1) is 8.95. The van der Waals surface area contributed by atoms with E-state index in [0.29, 0.717) is 17.1 Å². The molecule has 0 spiro atoms. The molecule has 2 aromatic carbocycles. The van der Waals surface area contributed by atoms with Gasteiger partial charge < -0.3 is 16.2 Å². The number of aryl methyl sites for hydroxylation is 1. The average Bonchev–Trinajstić information content (AvgIpc) is 2.26. The topological polar surface area (TPSA) is 75.3 Å². The number of rotatable bonds is 3. The molecule has 0 aromatic heterocycles. The van der Waals surface area contributed by atoms with Crippen LogP contribution in [-0.2, 0) is 0 Å². The van der Waals surface area contributed by atoms with Crippen LogP contribution in [0.2, 0.25) is 0 Å². The lowest BCUT2D eigenvalue weighted by Gasteiger charge is -2.11. The van der Waals surface area contributed by atoms with Gasteiger partial charge in [0.05, 0.1) is 11.3 Å². The van der Waals surface area contributed by atoms with Gasteiger partial charge in [0.15, 0.2) is 0 Å². The van der Waals surface area contributed by atoms with Crippen LogP contribution in [0, 0.1) is 12.7 Å². The van der Waals surface area contributed by atoms with Gasteiger partial charge in [0.1, 0.15) is 5.82 Å². The van der Waals surface area contributed by atoms with Gasteiger partial charge in [-0.15, -0.1) is 0 Å². The second-order valence-electron chi connectivity index (χ2n) is 4.25. The number of nitrogens with one attached hydrogen (secondary N) is 1. The summed E-state index contributed by atoms with van der Waals surface area (Å²) in [7, 11) is 0. The van der Waals surface area contributed by atoms with Crippen molar-refractivity contribution >= 4 is 23.0 Å². The zero-order valence-electron chi connectivity index (χ0n) is 10.3. The predicted molar refractivity (Wildman–Crippen MR) is 72.2 cm³/mol. The van der Waals surface area contributed by atoms with E-state index in [1.807, 2.05) is 0 Å². The molecule has 19 heavy (non-hydrogen) atoms. The van der Waals surface area contributed by atoms with Crippen LogP contribution in [0.3, 0.4) is 0 Å². The zero-order chi connectivity index (χ0) is 14.0. The molecule has 0 aliphatic rings. The molecule has 2 rings (SSSR count). The van der Waals surface area contributed by atoms with E-state index in [0.717, 1.165) is 5.56 Å². The summed E-state index contributed by atoms with van der Waals surface area (Å²) in [5.74, 6) is -1.46. The molecule has 0 radical (unpaired) electrons. The lowest BCUT2D eigenvalue weighted by molar-refractivity contribution is 0.0698. The van der Waals surface area contributed by atoms with Gasteiger partial charge >= 0.3 is 5.97 Å². The third-order valence-corrected chi connectivity index (χ3v) is 2.60. The molecule has 0 saturated heterocycles. The molecule has 4 nitrogen and oxygen atoms in total. The molecule has 0 bridgehead atoms. The van der Waals surface area contributed by atoms with Gasteiger partial charge in [0.2, 0.25) is 0 Å². The Morgan fingerprint density at radius 1 is 1.26 bits per heavy atom. The number of hydrogen-bond donors (Lipinski definition) is 3. The van der Waals surface area contributed by atoms with Crippen molar-refractivity contribution in [1.82, 2.24) is 0 Å². The Balaban J connectivity index is 2.42. The van der Waals surface area contributed by atoms with E-state index in [9.17, 15) is 9.18 Å². The van der Waals surface area contributed by atoms with Crippen molar-refractivity contribution in [3.8, 4) is 0 Å². The van der Waals surface area contributed by atoms with Gasteiger partial charge in [-0.3, -0.25) is 0 Å². The van der Waals surface area contributed by atoms with Crippen LogP contribution in [0.25, 0.3) is 0 Å². The maximum Gasteiger partial charge on any atom is 0.337 e. The maximum absolute atomic E-state index is 13.3. The summed E-state index contributed by atoms with van der Waals surface area (Å²) in [5, 5.41) is 12.0. The number of carboxylic acids is 1. The lowest BCUT2D eigenvalue weighted by atomic mass is 10.1. The molecular formula is C14H13FN2O2. The van der Waals surface area contributed by atoms with Gasteiger partial charge in [-0.25, -0.2) is 9.18 Å². The molecule has 0 saturated carbocycles. The van der Waals surface area contributed by atoms with Crippen molar-refractivity contribution in [2.24, 2.45) is 0 Å². The van der Waals surface area contributed by atoms with Gasteiger partial charge in [-0.05, 0) is 48.9 Å². The van der Waals surface area contributed by atoms with Crippen LogP contribution in [0.4, 0.5) is 21.5 Å². The van der Waals surface area contributed by atoms with E-state index >= 15 is 0 Å². The van der Waals surface area contributed by atoms with E-state index in [1.165, 1.54) is 30.3 Å². The van der Waals surface area contributed by atoms with Crippen molar-refractivity contribution in [1.29, 1.82) is 0 Å². The number of anilines is 3. The smallest absolute Gasteiger partial charge is 0.337 e. The van der Waals surface area contributed by atoms with Crippen molar-refractivity contribution in [2.75, 3.05) is 11.1 Å². The normalized spacial score (nSPS) is 10.2. The van der Waals surface area contributed by atoms with E-state index in [4.69, 9.17) is 10.8 Å². The van der Waals surface area contributed by atoms with Crippen molar-refractivity contribution in [3.05, 3.63) is 53.3 Å². The largest absolute Gasteiger partial charge is 0.478 e. The van der Waals surface area contributed by atoms with E-state index in [-0.39, 0.29) is 11.4 Å². The van der Waals surface area contributed by atoms with E-state index < -0.39 is 5.97 Å². The highest BCUT2D eigenvalue weighted by Crippen LogP contribution is 2.24. The standard InChI is InChI=1S/C14H13FN2O2/c1-8-4-9(15)6-11(5-8)17-13-7-10(16)2-3-12(13)14(18)19/h2-7,17H,16H2,1H3,(H,18,19). The number of hydrogen-bond acceptors (Lipinski definition) is 3. The Hall–Kier alpha value is -2.56. The first-order valence-electron chi connectivity index (χ1n) is 5.63. The minimum absolute atomic E-state index is 0.0797. The van der Waals surface area contributed by atoms with Crippen LogP contribution in [-0.4, -0.2) is 11.1 Å². The average molecular weight is 260 g/mol. The van der Waals surface area contributed by atoms with Gasteiger partial charge in [-0.1, -0.05) is 0 Å². The number of benzene rings is 2. The highest BCUT2D eigenvalue weighted by molar-refractivity contribution is 5.96. The molecule has 0 aliphatic heterocycles. The summed E-state index contributed by atoms with van der Waals surface area (Å²) in [4.78, 5) is 11.1. The first kappa shape index (κ1) is 12.9. The monoisotopic (exact) mass is 260 g/mol. The number of aromatic carboxylic acids is 1. The van der Waals surface area contributed by atoms with E-state index in [1.54, 1.807) is 13.0 Å². The van der Waals surface area contributed by atoms with Crippen LogP contribution in [0.5, 0.6) is 0 Å². The van der Waals surface area contributed by atoms with Gasteiger partial charge in [0.25, 0.3) is 0 Å². The molecule has 2 aromatic rings. The fourth-order valence-corrected chi connectivity index (χ4v) is 1.82. The van der Waals surface area contributed by atoms with E-state index in [2.05, 4.69) is 5.32 Å². The maximum atomic E-state index is 13.3. The molecule has 98 valence electrons. The Kier molecular flexibility index (Phi) is 3.37. The second kappa shape index (κ2) is 4.97. The fraction of sp³-hybridized carbons (Fsp3) is 0.0714. The van der Waals surface area contributed by atoms with Crippen molar-refractivity contribution in [3.63, 3.8) is 0 Å². The molecule has 0 aliphatic carbocycles. The first-order valence-corrected chi connectivity index (χ1v) is 5.63. The minimum atomic E-state index is -1.07. The Labute approximate surface area is 109 Å². The zero-order valence-corrected chi connectivity index (χ0v) is 10.3. The Morgan fingerprint density at radius 2 is 2.00 bits per heavy atom. The van der Waals surface area contributed by atoms with Crippen molar-refractivity contribution < 1.29 is 14.3 Å². The third kappa shape index (κ3) is 3.01. The van der Waals surface area contributed by atoms with Crippen molar-refractivity contribution in [2.45, 2.75) is 6.92 Å². The fourth-order valence-electron chi connectivity index (χ4n) is 1.82. The minimum Gasteiger partial charge on any atom is -0.478 e. The van der Waals surface area contributed by atoms with Crippen LogP contribution >= 0.6 is 0 Å². The molecule has 4 N–H and O–H groups in total. The number of nitrogen functional groups attached to an aromatic ring is 1. The highest BCUT2D eigenvalue weighted by atomic mass is 19.1. The molecule has 0 unspecified atom stereocenters. The Morgan fingerprint density at radius 3 is 2.63 bits per heavy atom. The van der Waals surface area contributed by atoms with Gasteiger partial charge in [-0.2, -0.15) is 0 Å². The number of halogens is 1. The van der Waals surface area contributed by atoms with Crippen LogP contribution in [0.15, 0.2) is 36.4 Å². The third-order valence-electron chi connectivity index (χ3n) is 2.60. The molecular weight excluding hydrogens is 247 g/mol. The molecule has 0 heterocycles.